The monoisotopic (exact) mass is 348 g/mol. The highest BCUT2D eigenvalue weighted by Crippen LogP contribution is 2.29. The molecule has 2 aromatic rings. The van der Waals surface area contributed by atoms with Gasteiger partial charge in [-0.15, -0.1) is 0 Å². The molecule has 0 unspecified atom stereocenters. The second kappa shape index (κ2) is 5.78. The number of benzene rings is 1. The van der Waals surface area contributed by atoms with Crippen LogP contribution in [0, 0.1) is 5.82 Å². The van der Waals surface area contributed by atoms with Crippen molar-refractivity contribution < 1.29 is 17.6 Å². The lowest BCUT2D eigenvalue weighted by Crippen LogP contribution is -2.07. The summed E-state index contributed by atoms with van der Waals surface area (Å²) in [6.45, 7) is 0.247. The third-order valence-electron chi connectivity index (χ3n) is 2.56. The molecule has 0 spiro atoms. The van der Waals surface area contributed by atoms with Gasteiger partial charge in [0.2, 0.25) is 0 Å². The van der Waals surface area contributed by atoms with Crippen LogP contribution >= 0.6 is 15.9 Å². The van der Waals surface area contributed by atoms with Gasteiger partial charge >= 0.3 is 6.18 Å². The number of halogens is 5. The van der Waals surface area contributed by atoms with E-state index in [0.717, 1.165) is 12.3 Å². The maximum Gasteiger partial charge on any atom is 0.417 e. The smallest absolute Gasteiger partial charge is 0.366 e. The fourth-order valence-corrected chi connectivity index (χ4v) is 1.92. The first kappa shape index (κ1) is 14.8. The third-order valence-corrected chi connectivity index (χ3v) is 3.33. The van der Waals surface area contributed by atoms with Gasteiger partial charge in [-0.3, -0.25) is 0 Å². The number of aromatic nitrogens is 1. The fraction of sp³-hybridized carbons (Fsp3) is 0.154. The van der Waals surface area contributed by atoms with Crippen LogP contribution in [0.5, 0.6) is 0 Å². The van der Waals surface area contributed by atoms with E-state index in [1.165, 1.54) is 18.2 Å². The Balaban J connectivity index is 2.06. The van der Waals surface area contributed by atoms with Gasteiger partial charge in [-0.05, 0) is 35.9 Å². The average Bonchev–Trinajstić information content (AvgIpc) is 2.39. The number of alkyl halides is 3. The molecule has 2 rings (SSSR count). The number of nitrogens with one attached hydrogen (secondary N) is 1. The van der Waals surface area contributed by atoms with Gasteiger partial charge in [0.25, 0.3) is 0 Å². The summed E-state index contributed by atoms with van der Waals surface area (Å²) in [5.74, 6) is -0.0976. The number of rotatable bonds is 3. The van der Waals surface area contributed by atoms with Crippen LogP contribution in [-0.2, 0) is 12.7 Å². The molecule has 20 heavy (non-hydrogen) atoms. The highest BCUT2D eigenvalue weighted by Gasteiger charge is 2.30. The summed E-state index contributed by atoms with van der Waals surface area (Å²) in [6, 6.07) is 6.38. The molecule has 1 aromatic carbocycles. The van der Waals surface area contributed by atoms with Crippen molar-refractivity contribution in [1.82, 2.24) is 4.98 Å². The Morgan fingerprint density at radius 2 is 1.90 bits per heavy atom. The quantitative estimate of drug-likeness (QED) is 0.819. The van der Waals surface area contributed by atoms with Gasteiger partial charge in [0.15, 0.2) is 0 Å². The number of hydrogen-bond acceptors (Lipinski definition) is 2. The van der Waals surface area contributed by atoms with Gasteiger partial charge in [-0.25, -0.2) is 9.37 Å². The van der Waals surface area contributed by atoms with E-state index in [1.54, 1.807) is 6.07 Å². The zero-order valence-electron chi connectivity index (χ0n) is 10.0. The van der Waals surface area contributed by atoms with Gasteiger partial charge in [-0.2, -0.15) is 13.2 Å². The maximum atomic E-state index is 13.1. The summed E-state index contributed by atoms with van der Waals surface area (Å²) in [5, 5.41) is 2.83. The molecule has 0 radical (unpaired) electrons. The third kappa shape index (κ3) is 3.69. The Morgan fingerprint density at radius 1 is 1.15 bits per heavy atom. The van der Waals surface area contributed by atoms with Crippen molar-refractivity contribution in [3.8, 4) is 0 Å². The molecule has 0 bridgehead atoms. The molecule has 1 N–H and O–H groups in total. The van der Waals surface area contributed by atoms with Crippen LogP contribution in [0.15, 0.2) is 41.0 Å². The molecule has 0 aliphatic carbocycles. The maximum absolute atomic E-state index is 13.1. The molecule has 106 valence electrons. The molecule has 0 aliphatic heterocycles. The van der Waals surface area contributed by atoms with Crippen LogP contribution in [0.3, 0.4) is 0 Å². The lowest BCUT2D eigenvalue weighted by atomic mass is 10.2. The summed E-state index contributed by atoms with van der Waals surface area (Å²) in [4.78, 5) is 3.67. The predicted octanol–water partition coefficient (Wildman–Crippen LogP) is 4.61. The highest BCUT2D eigenvalue weighted by molar-refractivity contribution is 9.10. The molecule has 0 amide bonds. The lowest BCUT2D eigenvalue weighted by molar-refractivity contribution is -0.137. The van der Waals surface area contributed by atoms with Crippen LogP contribution < -0.4 is 5.32 Å². The van der Waals surface area contributed by atoms with E-state index in [4.69, 9.17) is 0 Å². The van der Waals surface area contributed by atoms with Crippen molar-refractivity contribution in [2.24, 2.45) is 0 Å². The van der Waals surface area contributed by atoms with Crippen LogP contribution in [0.2, 0.25) is 0 Å². The van der Waals surface area contributed by atoms with Crippen molar-refractivity contribution in [2.75, 3.05) is 5.32 Å². The second-order valence-electron chi connectivity index (χ2n) is 4.02. The van der Waals surface area contributed by atoms with Crippen molar-refractivity contribution in [2.45, 2.75) is 12.7 Å². The summed E-state index contributed by atoms with van der Waals surface area (Å²) >= 11 is 3.27. The molecular weight excluding hydrogens is 340 g/mol. The number of anilines is 1. The molecule has 0 atom stereocenters. The van der Waals surface area contributed by atoms with Crippen LogP contribution in [0.1, 0.15) is 11.1 Å². The molecule has 1 aromatic heterocycles. The SMILES string of the molecule is Fc1ccc(Br)c(CNc2ccc(C(F)(F)F)cn2)c1. The zero-order valence-corrected chi connectivity index (χ0v) is 11.6. The Kier molecular flexibility index (Phi) is 4.27. The number of pyridine rings is 1. The van der Waals surface area contributed by atoms with Crippen LogP contribution in [0.4, 0.5) is 23.4 Å². The standard InChI is InChI=1S/C13H9BrF4N2/c14-11-3-2-10(15)5-8(11)6-19-12-4-1-9(7-20-12)13(16,17)18/h1-5,7H,6H2,(H,19,20). The Morgan fingerprint density at radius 3 is 2.50 bits per heavy atom. The first-order chi connectivity index (χ1) is 9.36. The Hall–Kier alpha value is -1.63. The molecule has 0 aliphatic rings. The Bertz CT molecular complexity index is 596. The first-order valence-electron chi connectivity index (χ1n) is 5.57. The van der Waals surface area contributed by atoms with E-state index in [1.807, 2.05) is 0 Å². The van der Waals surface area contributed by atoms with E-state index in [0.29, 0.717) is 10.0 Å². The molecule has 7 heteroatoms. The average molecular weight is 349 g/mol. The molecule has 2 nitrogen and oxygen atoms in total. The van der Waals surface area contributed by atoms with E-state index < -0.39 is 11.7 Å². The number of nitrogens with zero attached hydrogens (tertiary/aromatic N) is 1. The van der Waals surface area contributed by atoms with Gasteiger partial charge < -0.3 is 5.32 Å². The van der Waals surface area contributed by atoms with Gasteiger partial charge in [0.05, 0.1) is 5.56 Å². The molecule has 0 saturated carbocycles. The summed E-state index contributed by atoms with van der Waals surface area (Å²) in [7, 11) is 0. The van der Waals surface area contributed by atoms with E-state index in [-0.39, 0.29) is 18.2 Å². The molecule has 0 saturated heterocycles. The fourth-order valence-electron chi connectivity index (χ4n) is 1.53. The second-order valence-corrected chi connectivity index (χ2v) is 4.87. The summed E-state index contributed by atoms with van der Waals surface area (Å²) in [6.07, 6.45) is -3.65. The largest absolute Gasteiger partial charge is 0.417 e. The van der Waals surface area contributed by atoms with Gasteiger partial charge in [-0.1, -0.05) is 15.9 Å². The van der Waals surface area contributed by atoms with Crippen molar-refractivity contribution in [3.05, 3.63) is 57.9 Å². The summed E-state index contributed by atoms with van der Waals surface area (Å²) in [5.41, 5.74) is -0.165. The Labute approximate surface area is 121 Å². The minimum absolute atomic E-state index is 0.247. The minimum Gasteiger partial charge on any atom is -0.366 e. The molecular formula is C13H9BrF4N2. The van der Waals surface area contributed by atoms with Crippen molar-refractivity contribution in [1.29, 1.82) is 0 Å². The van der Waals surface area contributed by atoms with Crippen molar-refractivity contribution >= 4 is 21.7 Å². The summed E-state index contributed by atoms with van der Waals surface area (Å²) < 4.78 is 50.9. The van der Waals surface area contributed by atoms with E-state index >= 15 is 0 Å². The normalized spacial score (nSPS) is 11.4. The topological polar surface area (TPSA) is 24.9 Å². The van der Waals surface area contributed by atoms with Crippen molar-refractivity contribution in [3.63, 3.8) is 0 Å². The minimum atomic E-state index is -4.41. The molecule has 0 fully saturated rings. The number of hydrogen-bond donors (Lipinski definition) is 1. The van der Waals surface area contributed by atoms with Gasteiger partial charge in [0, 0.05) is 17.2 Å². The highest BCUT2D eigenvalue weighted by atomic mass is 79.9. The van der Waals surface area contributed by atoms with Gasteiger partial charge in [0.1, 0.15) is 11.6 Å². The van der Waals surface area contributed by atoms with Crippen LogP contribution in [0.25, 0.3) is 0 Å². The lowest BCUT2D eigenvalue weighted by Gasteiger charge is -2.09. The van der Waals surface area contributed by atoms with E-state index in [2.05, 4.69) is 26.2 Å². The predicted molar refractivity (Wildman–Crippen MR) is 70.7 cm³/mol. The zero-order chi connectivity index (χ0) is 14.8. The molecule has 1 heterocycles. The van der Waals surface area contributed by atoms with Crippen LogP contribution in [-0.4, -0.2) is 4.98 Å². The van der Waals surface area contributed by atoms with E-state index in [9.17, 15) is 17.6 Å². The first-order valence-corrected chi connectivity index (χ1v) is 6.36.